The number of hydrogen-bond donors (Lipinski definition) is 1. The summed E-state index contributed by atoms with van der Waals surface area (Å²) in [6.07, 6.45) is 2.82. The maximum Gasteiger partial charge on any atom is 0.253 e. The van der Waals surface area contributed by atoms with Gasteiger partial charge >= 0.3 is 0 Å². The van der Waals surface area contributed by atoms with Crippen molar-refractivity contribution in [2.24, 2.45) is 0 Å². The predicted octanol–water partition coefficient (Wildman–Crippen LogP) is 2.76. The number of nitrogens with one attached hydrogen (secondary N) is 1. The minimum absolute atomic E-state index is 0.0830. The molecular weight excluding hydrogens is 348 g/mol. The fourth-order valence-electron chi connectivity index (χ4n) is 3.56. The van der Waals surface area contributed by atoms with Gasteiger partial charge in [0.15, 0.2) is 0 Å². The van der Waals surface area contributed by atoms with Gasteiger partial charge in [-0.25, -0.2) is 13.1 Å². The van der Waals surface area contributed by atoms with Gasteiger partial charge in [-0.05, 0) is 43.0 Å². The maximum absolute atomic E-state index is 12.7. The van der Waals surface area contributed by atoms with E-state index in [9.17, 15) is 13.2 Å². The third-order valence-corrected chi connectivity index (χ3v) is 6.60. The van der Waals surface area contributed by atoms with Gasteiger partial charge in [-0.2, -0.15) is 0 Å². The number of nitrogens with zero attached hydrogens (tertiary/aromatic N) is 1. The Labute approximate surface area is 154 Å². The topological polar surface area (TPSA) is 66.5 Å². The van der Waals surface area contributed by atoms with Crippen molar-refractivity contribution in [3.63, 3.8) is 0 Å². The second-order valence-electron chi connectivity index (χ2n) is 7.01. The molecule has 1 saturated carbocycles. The fraction of sp³-hybridized carbons (Fsp3) is 0.350. The van der Waals surface area contributed by atoms with Gasteiger partial charge in [0.25, 0.3) is 5.91 Å². The molecule has 136 valence electrons. The summed E-state index contributed by atoms with van der Waals surface area (Å²) < 4.78 is 28.2. The van der Waals surface area contributed by atoms with E-state index >= 15 is 0 Å². The molecule has 1 heterocycles. The van der Waals surface area contributed by atoms with E-state index in [0.717, 1.165) is 37.9 Å². The van der Waals surface area contributed by atoms with Crippen molar-refractivity contribution in [3.05, 3.63) is 65.7 Å². The summed E-state index contributed by atoms with van der Waals surface area (Å²) >= 11 is 0. The first-order valence-electron chi connectivity index (χ1n) is 9.01. The first-order chi connectivity index (χ1) is 12.5. The van der Waals surface area contributed by atoms with Crippen molar-refractivity contribution in [2.45, 2.75) is 36.1 Å². The molecule has 1 saturated heterocycles. The van der Waals surface area contributed by atoms with E-state index in [2.05, 4.69) is 4.72 Å². The molecule has 0 aromatic heterocycles. The molecule has 0 spiro atoms. The second kappa shape index (κ2) is 6.85. The zero-order chi connectivity index (χ0) is 18.1. The number of rotatable bonds is 5. The summed E-state index contributed by atoms with van der Waals surface area (Å²) in [6.45, 7) is 1.49. The van der Waals surface area contributed by atoms with Crippen molar-refractivity contribution < 1.29 is 13.2 Å². The zero-order valence-corrected chi connectivity index (χ0v) is 15.3. The highest BCUT2D eigenvalue weighted by molar-refractivity contribution is 7.89. The van der Waals surface area contributed by atoms with E-state index in [4.69, 9.17) is 0 Å². The molecule has 2 aromatic carbocycles. The van der Waals surface area contributed by atoms with Crippen LogP contribution in [0.2, 0.25) is 0 Å². The van der Waals surface area contributed by atoms with Crippen LogP contribution in [-0.4, -0.2) is 38.4 Å². The smallest absolute Gasteiger partial charge is 0.253 e. The van der Waals surface area contributed by atoms with E-state index in [1.54, 1.807) is 23.1 Å². The summed E-state index contributed by atoms with van der Waals surface area (Å²) in [4.78, 5) is 14.4. The Hall–Kier alpha value is -2.18. The molecule has 2 aliphatic rings. The Morgan fingerprint density at radius 3 is 2.46 bits per heavy atom. The lowest BCUT2D eigenvalue weighted by atomic mass is 10.1. The number of hydrogen-bond acceptors (Lipinski definition) is 3. The van der Waals surface area contributed by atoms with E-state index < -0.39 is 10.0 Å². The van der Waals surface area contributed by atoms with Crippen LogP contribution >= 0.6 is 0 Å². The average Bonchev–Trinajstić information content (AvgIpc) is 3.19. The van der Waals surface area contributed by atoms with Crippen LogP contribution in [0.1, 0.15) is 41.1 Å². The molecule has 2 atom stereocenters. The molecule has 1 amide bonds. The van der Waals surface area contributed by atoms with Crippen LogP contribution in [-0.2, 0) is 10.0 Å². The number of benzene rings is 2. The average molecular weight is 370 g/mol. The van der Waals surface area contributed by atoms with Crippen LogP contribution in [0.5, 0.6) is 0 Å². The molecule has 2 fully saturated rings. The molecule has 2 aromatic rings. The molecule has 1 N–H and O–H groups in total. The lowest BCUT2D eigenvalue weighted by Crippen LogP contribution is -2.29. The Morgan fingerprint density at radius 2 is 1.73 bits per heavy atom. The lowest BCUT2D eigenvalue weighted by Gasteiger charge is -2.15. The standard InChI is InChI=1S/C20H22N2O3S/c23-20(22-11-4-5-12-22)16-9-6-10-17(13-16)26(24,25)21-19-14-18(19)15-7-2-1-3-8-15/h1-3,6-10,13,18-19,21H,4-5,11-12,14H2/t18-,19+/m1/s1. The molecule has 1 aliphatic carbocycles. The van der Waals surface area contributed by atoms with Crippen molar-refractivity contribution in [3.8, 4) is 0 Å². The Morgan fingerprint density at radius 1 is 1.00 bits per heavy atom. The zero-order valence-electron chi connectivity index (χ0n) is 14.5. The highest BCUT2D eigenvalue weighted by Crippen LogP contribution is 2.41. The molecule has 26 heavy (non-hydrogen) atoms. The molecule has 0 bridgehead atoms. The normalized spacial score (nSPS) is 22.4. The first-order valence-corrected chi connectivity index (χ1v) is 10.5. The molecular formula is C20H22N2O3S. The van der Waals surface area contributed by atoms with Gasteiger partial charge in [0, 0.05) is 30.6 Å². The lowest BCUT2D eigenvalue weighted by molar-refractivity contribution is 0.0792. The largest absolute Gasteiger partial charge is 0.339 e. The van der Waals surface area contributed by atoms with Crippen LogP contribution in [0.4, 0.5) is 0 Å². The Bertz CT molecular complexity index is 906. The number of sulfonamides is 1. The summed E-state index contributed by atoms with van der Waals surface area (Å²) in [6, 6.07) is 16.2. The summed E-state index contributed by atoms with van der Waals surface area (Å²) in [5.41, 5.74) is 1.59. The predicted molar refractivity (Wildman–Crippen MR) is 99.5 cm³/mol. The van der Waals surface area contributed by atoms with E-state index in [1.165, 1.54) is 6.07 Å². The highest BCUT2D eigenvalue weighted by atomic mass is 32.2. The van der Waals surface area contributed by atoms with Gasteiger partial charge in [0.05, 0.1) is 4.90 Å². The minimum Gasteiger partial charge on any atom is -0.339 e. The van der Waals surface area contributed by atoms with Gasteiger partial charge in [-0.1, -0.05) is 36.4 Å². The van der Waals surface area contributed by atoms with E-state index in [0.29, 0.717) is 5.56 Å². The van der Waals surface area contributed by atoms with Crippen LogP contribution in [0.3, 0.4) is 0 Å². The van der Waals surface area contributed by atoms with Crippen molar-refractivity contribution in [1.29, 1.82) is 0 Å². The monoisotopic (exact) mass is 370 g/mol. The van der Waals surface area contributed by atoms with Gasteiger partial charge < -0.3 is 4.90 Å². The van der Waals surface area contributed by atoms with Gasteiger partial charge in [-0.3, -0.25) is 4.79 Å². The highest BCUT2D eigenvalue weighted by Gasteiger charge is 2.41. The molecule has 4 rings (SSSR count). The van der Waals surface area contributed by atoms with Gasteiger partial charge in [0.2, 0.25) is 10.0 Å². The van der Waals surface area contributed by atoms with Crippen LogP contribution in [0.25, 0.3) is 0 Å². The number of carbonyl (C=O) groups excluding carboxylic acids is 1. The second-order valence-corrected chi connectivity index (χ2v) is 8.72. The molecule has 1 aliphatic heterocycles. The van der Waals surface area contributed by atoms with Crippen molar-refractivity contribution in [2.75, 3.05) is 13.1 Å². The quantitative estimate of drug-likeness (QED) is 0.880. The number of amides is 1. The molecule has 0 radical (unpaired) electrons. The molecule has 0 unspecified atom stereocenters. The minimum atomic E-state index is -3.64. The van der Waals surface area contributed by atoms with Crippen LogP contribution < -0.4 is 4.72 Å². The van der Waals surface area contributed by atoms with Gasteiger partial charge in [-0.15, -0.1) is 0 Å². The van der Waals surface area contributed by atoms with Crippen molar-refractivity contribution >= 4 is 15.9 Å². The molecule has 6 heteroatoms. The van der Waals surface area contributed by atoms with Crippen LogP contribution in [0, 0.1) is 0 Å². The van der Waals surface area contributed by atoms with Gasteiger partial charge in [0.1, 0.15) is 0 Å². The Kier molecular flexibility index (Phi) is 4.54. The number of likely N-dealkylation sites (tertiary alicyclic amines) is 1. The van der Waals surface area contributed by atoms with Crippen molar-refractivity contribution in [1.82, 2.24) is 9.62 Å². The summed E-state index contributed by atoms with van der Waals surface area (Å²) in [5, 5.41) is 0. The third-order valence-electron chi connectivity index (χ3n) is 5.11. The number of carbonyl (C=O) groups is 1. The summed E-state index contributed by atoms with van der Waals surface area (Å²) in [5.74, 6) is 0.133. The van der Waals surface area contributed by atoms with E-state index in [-0.39, 0.29) is 22.8 Å². The SMILES string of the molecule is O=C(c1cccc(S(=O)(=O)N[C@H]2C[C@@H]2c2ccccc2)c1)N1CCCC1. The van der Waals surface area contributed by atoms with E-state index in [1.807, 2.05) is 30.3 Å². The fourth-order valence-corrected chi connectivity index (χ4v) is 4.90. The third kappa shape index (κ3) is 3.52. The van der Waals surface area contributed by atoms with Crippen LogP contribution in [0.15, 0.2) is 59.5 Å². The first kappa shape index (κ1) is 17.2. The molecule has 5 nitrogen and oxygen atoms in total. The maximum atomic E-state index is 12.7. The summed E-state index contributed by atoms with van der Waals surface area (Å²) in [7, 11) is -3.64. The Balaban J connectivity index is 1.48.